The molecular formula is C24H29N2O5S+. The summed E-state index contributed by atoms with van der Waals surface area (Å²) in [4.78, 5) is 16.2. The number of hydrogen-bond donors (Lipinski definition) is 2. The number of carboxylic acid groups (broad SMARTS) is 1. The third kappa shape index (κ3) is 6.04. The summed E-state index contributed by atoms with van der Waals surface area (Å²) < 4.78 is 6.95. The van der Waals surface area contributed by atoms with Crippen molar-refractivity contribution in [3.05, 3.63) is 54.1 Å². The molecule has 1 aliphatic rings. The average Bonchev–Trinajstić information content (AvgIpc) is 2.99. The minimum atomic E-state index is -0.749. The smallest absolute Gasteiger partial charge is 0.303 e. The summed E-state index contributed by atoms with van der Waals surface area (Å²) >= 11 is 0.950. The summed E-state index contributed by atoms with van der Waals surface area (Å²) in [5.41, 5.74) is 4.23. The maximum Gasteiger partial charge on any atom is 0.303 e. The van der Waals surface area contributed by atoms with Gasteiger partial charge < -0.3 is 5.11 Å². The number of aliphatic carboxylic acids is 1. The van der Waals surface area contributed by atoms with Crippen molar-refractivity contribution in [2.75, 3.05) is 6.54 Å². The second-order valence-corrected chi connectivity index (χ2v) is 8.96. The van der Waals surface area contributed by atoms with Crippen LogP contribution in [-0.4, -0.2) is 39.4 Å². The van der Waals surface area contributed by atoms with Crippen LogP contribution >= 0.6 is 12.0 Å². The zero-order valence-corrected chi connectivity index (χ0v) is 19.2. The van der Waals surface area contributed by atoms with Gasteiger partial charge in [0.15, 0.2) is 5.71 Å². The lowest BCUT2D eigenvalue weighted by atomic mass is 9.80. The maximum absolute atomic E-state index is 10.8. The van der Waals surface area contributed by atoms with E-state index in [0.29, 0.717) is 12.8 Å². The number of hydrogen-bond acceptors (Lipinski definition) is 6. The lowest BCUT2D eigenvalue weighted by Crippen LogP contribution is -2.30. The normalized spacial score (nSPS) is 14.8. The number of fused-ring (bicyclic) bond motifs is 1. The van der Waals surface area contributed by atoms with Gasteiger partial charge in [-0.25, -0.2) is 5.26 Å². The van der Waals surface area contributed by atoms with Gasteiger partial charge in [0.05, 0.1) is 29.6 Å². The number of carboxylic acids is 1. The van der Waals surface area contributed by atoms with Crippen molar-refractivity contribution in [2.45, 2.75) is 56.3 Å². The molecule has 0 saturated carbocycles. The molecule has 0 atom stereocenters. The predicted molar refractivity (Wildman–Crippen MR) is 125 cm³/mol. The van der Waals surface area contributed by atoms with Crippen LogP contribution in [0.2, 0.25) is 0 Å². The molecule has 0 radical (unpaired) electrons. The molecule has 0 saturated heterocycles. The van der Waals surface area contributed by atoms with Crippen molar-refractivity contribution in [3.8, 4) is 0 Å². The Bertz CT molecular complexity index is 989. The highest BCUT2D eigenvalue weighted by Gasteiger charge is 2.44. The monoisotopic (exact) mass is 457 g/mol. The van der Waals surface area contributed by atoms with Crippen molar-refractivity contribution in [2.24, 2.45) is 4.99 Å². The molecule has 3 rings (SSSR count). The minimum absolute atomic E-state index is 0.204. The first-order valence-corrected chi connectivity index (χ1v) is 11.4. The van der Waals surface area contributed by atoms with E-state index in [1.54, 1.807) is 0 Å². The van der Waals surface area contributed by atoms with E-state index in [1.165, 1.54) is 5.71 Å². The fourth-order valence-corrected chi connectivity index (χ4v) is 4.49. The number of nitrogens with zero attached hydrogens (tertiary/aromatic N) is 2. The number of aliphatic imine (C=N–C) groups is 1. The first kappa shape index (κ1) is 24.1. The predicted octanol–water partition coefficient (Wildman–Crippen LogP) is 5.93. The topological polar surface area (TPSA) is 91.4 Å². The number of benzene rings is 2. The quantitative estimate of drug-likeness (QED) is 0.103. The highest BCUT2D eigenvalue weighted by Crippen LogP contribution is 2.42. The maximum atomic E-state index is 10.8. The second-order valence-electron chi connectivity index (χ2n) is 8.18. The van der Waals surface area contributed by atoms with Gasteiger partial charge in [0.25, 0.3) is 0 Å². The fraction of sp³-hybridized carbons (Fsp3) is 0.375. The highest BCUT2D eigenvalue weighted by atomic mass is 32.2. The molecule has 0 amide bonds. The van der Waals surface area contributed by atoms with Gasteiger partial charge in [0, 0.05) is 35.6 Å². The molecule has 0 fully saturated rings. The Labute approximate surface area is 192 Å². The average molecular weight is 458 g/mol. The Hall–Kier alpha value is -2.52. The fourth-order valence-electron chi connectivity index (χ4n) is 4.09. The van der Waals surface area contributed by atoms with E-state index in [1.807, 2.05) is 42.6 Å². The van der Waals surface area contributed by atoms with Gasteiger partial charge in [-0.3, -0.25) is 9.79 Å². The van der Waals surface area contributed by atoms with Crippen LogP contribution in [0.3, 0.4) is 0 Å². The first-order chi connectivity index (χ1) is 15.4. The Kier molecular flexibility index (Phi) is 8.58. The molecule has 32 heavy (non-hydrogen) atoms. The SMILES string of the molecule is CC1(C)C(CC=Nc2ccccc2)=[N+](CCCCCC(=O)O)c2ccc(SOOO)cc21. The third-order valence-corrected chi connectivity index (χ3v) is 6.27. The van der Waals surface area contributed by atoms with Gasteiger partial charge in [0.2, 0.25) is 5.69 Å². The van der Waals surface area contributed by atoms with Crippen LogP contribution in [0.25, 0.3) is 0 Å². The third-order valence-electron chi connectivity index (χ3n) is 5.69. The van der Waals surface area contributed by atoms with Gasteiger partial charge in [-0.15, -0.1) is 4.33 Å². The van der Waals surface area contributed by atoms with Gasteiger partial charge in [-0.2, -0.15) is 4.58 Å². The molecule has 170 valence electrons. The Balaban J connectivity index is 1.84. The molecule has 0 aromatic heterocycles. The van der Waals surface area contributed by atoms with Crippen LogP contribution in [0.4, 0.5) is 11.4 Å². The molecule has 0 spiro atoms. The summed E-state index contributed by atoms with van der Waals surface area (Å²) in [6.45, 7) is 5.20. The second kappa shape index (κ2) is 11.4. The largest absolute Gasteiger partial charge is 0.481 e. The number of rotatable bonds is 12. The first-order valence-electron chi connectivity index (χ1n) is 10.7. The van der Waals surface area contributed by atoms with Crippen LogP contribution in [-0.2, 0) is 19.6 Å². The van der Waals surface area contributed by atoms with Crippen LogP contribution in [0.15, 0.2) is 58.4 Å². The van der Waals surface area contributed by atoms with E-state index in [0.717, 1.165) is 53.3 Å². The van der Waals surface area contributed by atoms with E-state index in [-0.39, 0.29) is 11.8 Å². The van der Waals surface area contributed by atoms with Gasteiger partial charge in [0.1, 0.15) is 6.54 Å². The highest BCUT2D eigenvalue weighted by molar-refractivity contribution is 7.94. The van der Waals surface area contributed by atoms with E-state index in [2.05, 4.69) is 44.9 Å². The zero-order valence-electron chi connectivity index (χ0n) is 18.4. The zero-order chi connectivity index (χ0) is 23.0. The molecule has 7 nitrogen and oxygen atoms in total. The Morgan fingerprint density at radius 1 is 1.16 bits per heavy atom. The molecule has 2 aromatic rings. The number of para-hydroxylation sites is 1. The molecule has 8 heteroatoms. The van der Waals surface area contributed by atoms with Gasteiger partial charge in [-0.05, 0) is 51.0 Å². The Morgan fingerprint density at radius 2 is 1.94 bits per heavy atom. The van der Waals surface area contributed by atoms with Gasteiger partial charge in [-0.1, -0.05) is 23.2 Å². The summed E-state index contributed by atoms with van der Waals surface area (Å²) in [6, 6.07) is 15.9. The summed E-state index contributed by atoms with van der Waals surface area (Å²) in [5.74, 6) is -0.749. The lowest BCUT2D eigenvalue weighted by Gasteiger charge is -2.17. The molecule has 0 unspecified atom stereocenters. The lowest BCUT2D eigenvalue weighted by molar-refractivity contribution is -0.440. The molecule has 2 aromatic carbocycles. The minimum Gasteiger partial charge on any atom is -0.481 e. The van der Waals surface area contributed by atoms with Crippen molar-refractivity contribution < 1.29 is 29.1 Å². The number of carbonyl (C=O) groups is 1. The van der Waals surface area contributed by atoms with Gasteiger partial charge >= 0.3 is 5.97 Å². The Morgan fingerprint density at radius 3 is 2.66 bits per heavy atom. The van der Waals surface area contributed by atoms with Crippen molar-refractivity contribution in [1.29, 1.82) is 0 Å². The standard InChI is InChI=1S/C24H28N2O5S/c1-24(2)20-17-19(32-31-30-29)12-13-21(20)26(16-8-4-7-11-23(27)28)22(24)14-15-25-18-9-5-3-6-10-18/h3,5-6,9-10,12-13,15,17H,4,7-8,11,14,16H2,1-2H3,(H-,27,28,29)/p+1. The summed E-state index contributed by atoms with van der Waals surface area (Å²) in [7, 11) is 0. The van der Waals surface area contributed by atoms with Crippen LogP contribution in [0.1, 0.15) is 51.5 Å². The molecule has 0 bridgehead atoms. The van der Waals surface area contributed by atoms with Crippen LogP contribution in [0, 0.1) is 0 Å². The van der Waals surface area contributed by atoms with E-state index >= 15 is 0 Å². The van der Waals surface area contributed by atoms with Crippen LogP contribution < -0.4 is 0 Å². The molecule has 1 heterocycles. The number of unbranched alkanes of at least 4 members (excludes halogenated alkanes) is 2. The van der Waals surface area contributed by atoms with E-state index in [4.69, 9.17) is 10.4 Å². The van der Waals surface area contributed by atoms with Crippen molar-refractivity contribution >= 4 is 41.3 Å². The molecular weight excluding hydrogens is 428 g/mol. The molecule has 2 N–H and O–H groups in total. The van der Waals surface area contributed by atoms with Crippen molar-refractivity contribution in [3.63, 3.8) is 0 Å². The van der Waals surface area contributed by atoms with E-state index in [9.17, 15) is 4.79 Å². The summed E-state index contributed by atoms with van der Waals surface area (Å²) in [6.07, 6.45) is 5.30. The van der Waals surface area contributed by atoms with Crippen molar-refractivity contribution in [1.82, 2.24) is 0 Å². The van der Waals surface area contributed by atoms with Crippen LogP contribution in [0.5, 0.6) is 0 Å². The molecule has 1 aliphatic heterocycles. The molecule has 0 aliphatic carbocycles. The van der Waals surface area contributed by atoms with E-state index < -0.39 is 5.97 Å². The summed E-state index contributed by atoms with van der Waals surface area (Å²) in [5, 5.41) is 21.1.